The van der Waals surface area contributed by atoms with Gasteiger partial charge in [-0.15, -0.1) is 0 Å². The molecule has 0 saturated heterocycles. The van der Waals surface area contributed by atoms with Crippen molar-refractivity contribution in [3.8, 4) is 28.2 Å². The van der Waals surface area contributed by atoms with Gasteiger partial charge in [0.1, 0.15) is 17.2 Å². The van der Waals surface area contributed by atoms with E-state index in [2.05, 4.69) is 60.7 Å². The van der Waals surface area contributed by atoms with Crippen LogP contribution in [-0.2, 0) is 5.41 Å². The zero-order valence-electron chi connectivity index (χ0n) is 21.9. The molecule has 0 spiro atoms. The number of halogens is 1. The van der Waals surface area contributed by atoms with Crippen molar-refractivity contribution in [2.24, 2.45) is 0 Å². The molecule has 5 heteroatoms. The summed E-state index contributed by atoms with van der Waals surface area (Å²) < 4.78 is 22.3. The molecule has 0 bridgehead atoms. The van der Waals surface area contributed by atoms with Crippen LogP contribution in [0.15, 0.2) is 108 Å². The number of hydrogen-bond donors (Lipinski definition) is 0. The van der Waals surface area contributed by atoms with Crippen molar-refractivity contribution in [1.29, 1.82) is 0 Å². The Kier molecular flexibility index (Phi) is 5.17. The van der Waals surface area contributed by atoms with E-state index in [0.29, 0.717) is 5.71 Å². The highest BCUT2D eigenvalue weighted by Gasteiger charge is 2.22. The number of rotatable bonds is 3. The second-order valence-electron chi connectivity index (χ2n) is 10.9. The maximum atomic E-state index is 13.7. The van der Waals surface area contributed by atoms with Gasteiger partial charge in [-0.2, -0.15) is 0 Å². The minimum absolute atomic E-state index is 0.0630. The monoisotopic (exact) mass is 511 g/mol. The van der Waals surface area contributed by atoms with Crippen LogP contribution in [0.4, 0.5) is 4.39 Å². The van der Waals surface area contributed by atoms with Gasteiger partial charge in [-0.3, -0.25) is 4.57 Å². The van der Waals surface area contributed by atoms with Gasteiger partial charge in [0, 0.05) is 17.3 Å². The van der Waals surface area contributed by atoms with E-state index in [4.69, 9.17) is 9.40 Å². The lowest BCUT2D eigenvalue weighted by molar-refractivity contribution is 0.590. The predicted octanol–water partition coefficient (Wildman–Crippen LogP) is 9.09. The summed E-state index contributed by atoms with van der Waals surface area (Å²) in [6, 6.07) is 31.5. The highest BCUT2D eigenvalue weighted by molar-refractivity contribution is 6.14. The quantitative estimate of drug-likeness (QED) is 0.238. The third-order valence-electron chi connectivity index (χ3n) is 7.35. The van der Waals surface area contributed by atoms with Gasteiger partial charge < -0.3 is 4.42 Å². The van der Waals surface area contributed by atoms with Crippen molar-refractivity contribution in [2.45, 2.75) is 26.2 Å². The molecule has 3 aromatic heterocycles. The van der Waals surface area contributed by atoms with Crippen molar-refractivity contribution < 1.29 is 8.81 Å². The lowest BCUT2D eigenvalue weighted by Crippen LogP contribution is -2.11. The smallest absolute Gasteiger partial charge is 0.227 e. The summed E-state index contributed by atoms with van der Waals surface area (Å²) in [6.45, 7) is 6.66. The Labute approximate surface area is 225 Å². The molecule has 4 aromatic carbocycles. The van der Waals surface area contributed by atoms with Gasteiger partial charge in [-0.25, -0.2) is 14.4 Å². The topological polar surface area (TPSA) is 43.9 Å². The van der Waals surface area contributed by atoms with Gasteiger partial charge >= 0.3 is 0 Å². The molecular weight excluding hydrogens is 485 g/mol. The van der Waals surface area contributed by atoms with Crippen LogP contribution in [0.1, 0.15) is 26.3 Å². The summed E-state index contributed by atoms with van der Waals surface area (Å²) in [6.07, 6.45) is 1.73. The molecule has 7 aromatic rings. The number of para-hydroxylation sites is 3. The van der Waals surface area contributed by atoms with Crippen molar-refractivity contribution in [3.63, 3.8) is 0 Å². The van der Waals surface area contributed by atoms with Gasteiger partial charge in [0.2, 0.25) is 5.71 Å². The van der Waals surface area contributed by atoms with Crippen LogP contribution < -0.4 is 0 Å². The standard InChI is InChI=1S/C34H26FN3O/c1-34(2,3)22-13-17-24(18-14-22)38-29-10-5-4-9-28(29)37-32(38)27-8-6-7-26-30-25(21-11-15-23(35)16-12-21)19-20-36-33(30)39-31(26)27/h4-20H,1-3H3. The number of pyridine rings is 1. The number of furan rings is 1. The van der Waals surface area contributed by atoms with Crippen LogP contribution in [0, 0.1) is 5.82 Å². The highest BCUT2D eigenvalue weighted by Crippen LogP contribution is 2.40. The van der Waals surface area contributed by atoms with Gasteiger partial charge in [0.05, 0.1) is 22.0 Å². The highest BCUT2D eigenvalue weighted by atomic mass is 19.1. The Morgan fingerprint density at radius 1 is 0.769 bits per heavy atom. The van der Waals surface area contributed by atoms with E-state index in [1.165, 1.54) is 17.7 Å². The first kappa shape index (κ1) is 23.4. The number of aromatic nitrogens is 3. The Bertz CT molecular complexity index is 1990. The number of hydrogen-bond acceptors (Lipinski definition) is 3. The molecule has 0 aliphatic heterocycles. The Morgan fingerprint density at radius 2 is 1.54 bits per heavy atom. The van der Waals surface area contributed by atoms with Crippen molar-refractivity contribution in [3.05, 3.63) is 115 Å². The Hall–Kier alpha value is -4.77. The normalized spacial score (nSPS) is 12.1. The molecule has 0 aliphatic carbocycles. The molecular formula is C34H26FN3O. The summed E-state index contributed by atoms with van der Waals surface area (Å²) in [5.74, 6) is 0.533. The molecule has 3 heterocycles. The summed E-state index contributed by atoms with van der Waals surface area (Å²) >= 11 is 0. The molecule has 0 atom stereocenters. The van der Waals surface area contributed by atoms with E-state index < -0.39 is 0 Å². The Balaban J connectivity index is 1.49. The number of nitrogens with zero attached hydrogens (tertiary/aromatic N) is 3. The second-order valence-corrected chi connectivity index (χ2v) is 10.9. The van der Waals surface area contributed by atoms with Crippen LogP contribution in [-0.4, -0.2) is 14.5 Å². The summed E-state index contributed by atoms with van der Waals surface area (Å²) in [4.78, 5) is 9.63. The lowest BCUT2D eigenvalue weighted by Gasteiger charge is -2.19. The molecule has 0 unspecified atom stereocenters. The first-order valence-electron chi connectivity index (χ1n) is 13.0. The second kappa shape index (κ2) is 8.63. The minimum atomic E-state index is -0.266. The van der Waals surface area contributed by atoms with Crippen molar-refractivity contribution >= 4 is 33.1 Å². The maximum absolute atomic E-state index is 13.7. The lowest BCUT2D eigenvalue weighted by atomic mass is 9.87. The zero-order chi connectivity index (χ0) is 26.7. The first-order valence-corrected chi connectivity index (χ1v) is 13.0. The van der Waals surface area contributed by atoms with Gasteiger partial charge in [0.15, 0.2) is 0 Å². The molecule has 0 aliphatic rings. The van der Waals surface area contributed by atoms with Gasteiger partial charge in [-0.05, 0) is 70.6 Å². The molecule has 0 N–H and O–H groups in total. The third-order valence-corrected chi connectivity index (χ3v) is 7.35. The number of benzene rings is 4. The fraction of sp³-hybridized carbons (Fsp3) is 0.118. The molecule has 0 amide bonds. The fourth-order valence-electron chi connectivity index (χ4n) is 5.35. The maximum Gasteiger partial charge on any atom is 0.227 e. The molecule has 39 heavy (non-hydrogen) atoms. The number of fused-ring (bicyclic) bond motifs is 4. The predicted molar refractivity (Wildman–Crippen MR) is 156 cm³/mol. The van der Waals surface area contributed by atoms with Crippen LogP contribution in [0.25, 0.3) is 61.3 Å². The van der Waals surface area contributed by atoms with Crippen molar-refractivity contribution in [2.75, 3.05) is 0 Å². The molecule has 190 valence electrons. The van der Waals surface area contributed by atoms with E-state index in [1.807, 2.05) is 42.5 Å². The zero-order valence-corrected chi connectivity index (χ0v) is 21.9. The first-order chi connectivity index (χ1) is 18.9. The fourth-order valence-corrected chi connectivity index (χ4v) is 5.35. The summed E-state index contributed by atoms with van der Waals surface area (Å²) in [5, 5.41) is 1.84. The van der Waals surface area contributed by atoms with Crippen LogP contribution in [0.2, 0.25) is 0 Å². The molecule has 0 saturated carbocycles. The van der Waals surface area contributed by atoms with Crippen LogP contribution in [0.3, 0.4) is 0 Å². The minimum Gasteiger partial charge on any atom is -0.437 e. The molecule has 0 radical (unpaired) electrons. The van der Waals surface area contributed by atoms with E-state index in [0.717, 1.165) is 55.6 Å². The summed E-state index contributed by atoms with van der Waals surface area (Å²) in [7, 11) is 0. The van der Waals surface area contributed by atoms with E-state index in [-0.39, 0.29) is 11.2 Å². The third kappa shape index (κ3) is 3.81. The molecule has 7 rings (SSSR count). The van der Waals surface area contributed by atoms with Crippen LogP contribution >= 0.6 is 0 Å². The van der Waals surface area contributed by atoms with E-state index in [1.54, 1.807) is 18.3 Å². The molecule has 0 fully saturated rings. The number of imidazole rings is 1. The average Bonchev–Trinajstić information content (AvgIpc) is 3.52. The SMILES string of the molecule is CC(C)(C)c1ccc(-n2c(-c3cccc4c3oc3nccc(-c5ccc(F)cc5)c34)nc3ccccc32)cc1. The average molecular weight is 512 g/mol. The van der Waals surface area contributed by atoms with Crippen molar-refractivity contribution in [1.82, 2.24) is 14.5 Å². The van der Waals surface area contributed by atoms with Crippen LogP contribution in [0.5, 0.6) is 0 Å². The Morgan fingerprint density at radius 3 is 2.31 bits per heavy atom. The summed E-state index contributed by atoms with van der Waals surface area (Å²) in [5.41, 5.74) is 8.29. The van der Waals surface area contributed by atoms with E-state index >= 15 is 0 Å². The largest absolute Gasteiger partial charge is 0.437 e. The molecule has 4 nitrogen and oxygen atoms in total. The van der Waals surface area contributed by atoms with Gasteiger partial charge in [0.25, 0.3) is 0 Å². The van der Waals surface area contributed by atoms with E-state index in [9.17, 15) is 4.39 Å². The van der Waals surface area contributed by atoms with Gasteiger partial charge in [-0.1, -0.05) is 69.3 Å².